The van der Waals surface area contributed by atoms with Crippen molar-refractivity contribution in [3.05, 3.63) is 33.9 Å². The second-order valence-corrected chi connectivity index (χ2v) is 6.48. The fourth-order valence-electron chi connectivity index (χ4n) is 3.75. The first-order valence-corrected chi connectivity index (χ1v) is 8.34. The zero-order valence-electron chi connectivity index (χ0n) is 13.5. The minimum atomic E-state index is -0.384. The van der Waals surface area contributed by atoms with Crippen molar-refractivity contribution in [2.75, 3.05) is 31.1 Å². The van der Waals surface area contributed by atoms with Crippen LogP contribution in [0.1, 0.15) is 43.0 Å². The quantitative estimate of drug-likeness (QED) is 0.485. The third kappa shape index (κ3) is 3.37. The van der Waals surface area contributed by atoms with E-state index in [1.165, 1.54) is 38.7 Å². The van der Waals surface area contributed by atoms with Crippen LogP contribution in [-0.4, -0.2) is 47.8 Å². The zero-order valence-corrected chi connectivity index (χ0v) is 13.5. The number of anilines is 1. The van der Waals surface area contributed by atoms with Crippen molar-refractivity contribution in [3.63, 3.8) is 0 Å². The van der Waals surface area contributed by atoms with Gasteiger partial charge in [-0.1, -0.05) is 12.8 Å². The summed E-state index contributed by atoms with van der Waals surface area (Å²) in [5, 5.41) is 11.4. The molecule has 6 heteroatoms. The van der Waals surface area contributed by atoms with Crippen molar-refractivity contribution in [2.24, 2.45) is 0 Å². The number of carbonyl (C=O) groups excluding carboxylic acids is 1. The van der Waals surface area contributed by atoms with Gasteiger partial charge in [-0.15, -0.1) is 0 Å². The number of nitro groups is 1. The highest BCUT2D eigenvalue weighted by Gasteiger charge is 2.28. The molecule has 2 fully saturated rings. The molecule has 0 N–H and O–H groups in total. The average Bonchev–Trinajstić information content (AvgIpc) is 3.09. The molecule has 124 valence electrons. The van der Waals surface area contributed by atoms with Crippen LogP contribution in [0.4, 0.5) is 11.4 Å². The van der Waals surface area contributed by atoms with Gasteiger partial charge in [0, 0.05) is 43.9 Å². The number of hydrogen-bond donors (Lipinski definition) is 0. The molecule has 23 heavy (non-hydrogen) atoms. The molecule has 1 aromatic carbocycles. The summed E-state index contributed by atoms with van der Waals surface area (Å²) in [4.78, 5) is 27.0. The molecular formula is C17H23N3O3. The summed E-state index contributed by atoms with van der Waals surface area (Å²) in [7, 11) is 0. The summed E-state index contributed by atoms with van der Waals surface area (Å²) < 4.78 is 0. The van der Waals surface area contributed by atoms with Crippen LogP contribution in [0.2, 0.25) is 0 Å². The van der Waals surface area contributed by atoms with Gasteiger partial charge in [0.1, 0.15) is 5.69 Å². The minimum absolute atomic E-state index is 0.0343. The number of nitro benzene ring substituents is 1. The molecule has 0 aromatic heterocycles. The van der Waals surface area contributed by atoms with Crippen LogP contribution in [-0.2, 0) is 0 Å². The lowest BCUT2D eigenvalue weighted by Crippen LogP contribution is -2.49. The number of piperazine rings is 1. The maximum Gasteiger partial charge on any atom is 0.293 e. The highest BCUT2D eigenvalue weighted by Crippen LogP contribution is 2.31. The van der Waals surface area contributed by atoms with Gasteiger partial charge in [0.05, 0.1) is 4.92 Å². The van der Waals surface area contributed by atoms with E-state index in [2.05, 4.69) is 9.80 Å². The molecule has 0 bridgehead atoms. The van der Waals surface area contributed by atoms with Gasteiger partial charge >= 0.3 is 0 Å². The predicted molar refractivity (Wildman–Crippen MR) is 89.1 cm³/mol. The summed E-state index contributed by atoms with van der Waals surface area (Å²) in [5.74, 6) is -0.147. The fourth-order valence-corrected chi connectivity index (χ4v) is 3.75. The Hall–Kier alpha value is -1.95. The van der Waals surface area contributed by atoms with E-state index in [4.69, 9.17) is 0 Å². The number of Topliss-reactive ketones (excluding diaryl/α,β-unsaturated/α-hetero) is 1. The van der Waals surface area contributed by atoms with Crippen molar-refractivity contribution in [1.82, 2.24) is 4.90 Å². The Bertz CT molecular complexity index is 603. The maximum atomic E-state index is 11.5. The molecule has 1 aliphatic heterocycles. The first-order chi connectivity index (χ1) is 11.1. The third-order valence-corrected chi connectivity index (χ3v) is 5.07. The van der Waals surface area contributed by atoms with Crippen molar-refractivity contribution in [3.8, 4) is 0 Å². The van der Waals surface area contributed by atoms with E-state index < -0.39 is 0 Å². The number of rotatable bonds is 4. The summed E-state index contributed by atoms with van der Waals surface area (Å²) in [6.07, 6.45) is 5.21. The smallest absolute Gasteiger partial charge is 0.293 e. The van der Waals surface area contributed by atoms with E-state index in [1.807, 2.05) is 0 Å². The van der Waals surface area contributed by atoms with Gasteiger partial charge in [-0.25, -0.2) is 0 Å². The maximum absolute atomic E-state index is 11.5. The summed E-state index contributed by atoms with van der Waals surface area (Å²) in [6, 6.07) is 5.52. The van der Waals surface area contributed by atoms with Gasteiger partial charge < -0.3 is 4.90 Å². The largest absolute Gasteiger partial charge is 0.363 e. The highest BCUT2D eigenvalue weighted by molar-refractivity contribution is 5.95. The third-order valence-electron chi connectivity index (χ3n) is 5.07. The first-order valence-electron chi connectivity index (χ1n) is 8.34. The molecule has 0 radical (unpaired) electrons. The van der Waals surface area contributed by atoms with E-state index in [-0.39, 0.29) is 16.4 Å². The van der Waals surface area contributed by atoms with Gasteiger partial charge in [0.2, 0.25) is 0 Å². The molecule has 2 aliphatic rings. The van der Waals surface area contributed by atoms with Gasteiger partial charge in [0.25, 0.3) is 5.69 Å². The van der Waals surface area contributed by atoms with Crippen LogP contribution in [0.25, 0.3) is 0 Å². The van der Waals surface area contributed by atoms with Crippen molar-refractivity contribution >= 4 is 17.2 Å². The predicted octanol–water partition coefficient (Wildman–Crippen LogP) is 2.86. The monoisotopic (exact) mass is 317 g/mol. The number of carbonyl (C=O) groups is 1. The molecule has 1 aromatic rings. The normalized spacial score (nSPS) is 20.0. The molecule has 6 nitrogen and oxygen atoms in total. The van der Waals surface area contributed by atoms with Crippen molar-refractivity contribution in [2.45, 2.75) is 38.6 Å². The minimum Gasteiger partial charge on any atom is -0.363 e. The zero-order chi connectivity index (χ0) is 16.4. The SMILES string of the molecule is CC(=O)c1ccc(N2CCN(C3CCCC3)CC2)c([N+](=O)[O-])c1. The Morgan fingerprint density at radius 3 is 2.39 bits per heavy atom. The molecule has 0 spiro atoms. The number of nitrogens with zero attached hydrogens (tertiary/aromatic N) is 3. The van der Waals surface area contributed by atoms with E-state index in [0.29, 0.717) is 17.3 Å². The Morgan fingerprint density at radius 2 is 1.83 bits per heavy atom. The highest BCUT2D eigenvalue weighted by atomic mass is 16.6. The molecule has 3 rings (SSSR count). The van der Waals surface area contributed by atoms with Crippen LogP contribution in [0.3, 0.4) is 0 Å². The average molecular weight is 317 g/mol. The summed E-state index contributed by atoms with van der Waals surface area (Å²) >= 11 is 0. The van der Waals surface area contributed by atoms with E-state index in [0.717, 1.165) is 26.2 Å². The van der Waals surface area contributed by atoms with Crippen LogP contribution < -0.4 is 4.90 Å². The molecule has 0 unspecified atom stereocenters. The Morgan fingerprint density at radius 1 is 1.17 bits per heavy atom. The van der Waals surface area contributed by atoms with Gasteiger partial charge in [-0.3, -0.25) is 19.8 Å². The molecule has 1 saturated carbocycles. The van der Waals surface area contributed by atoms with Crippen LogP contribution in [0.15, 0.2) is 18.2 Å². The van der Waals surface area contributed by atoms with E-state index >= 15 is 0 Å². The Labute approximate surface area is 136 Å². The molecule has 0 atom stereocenters. The second-order valence-electron chi connectivity index (χ2n) is 6.48. The second kappa shape index (κ2) is 6.66. The Kier molecular flexibility index (Phi) is 4.61. The summed E-state index contributed by atoms with van der Waals surface area (Å²) in [5.41, 5.74) is 1.06. The van der Waals surface area contributed by atoms with Crippen LogP contribution >= 0.6 is 0 Å². The van der Waals surface area contributed by atoms with Gasteiger partial charge in [-0.05, 0) is 31.9 Å². The topological polar surface area (TPSA) is 66.7 Å². The lowest BCUT2D eigenvalue weighted by molar-refractivity contribution is -0.384. The first kappa shape index (κ1) is 15.9. The number of benzene rings is 1. The Balaban J connectivity index is 1.74. The summed E-state index contributed by atoms with van der Waals surface area (Å²) in [6.45, 7) is 4.94. The number of ketones is 1. The lowest BCUT2D eigenvalue weighted by atomic mass is 10.1. The van der Waals surface area contributed by atoms with E-state index in [9.17, 15) is 14.9 Å². The number of hydrogen-bond acceptors (Lipinski definition) is 5. The molecule has 0 amide bonds. The molecule has 1 saturated heterocycles. The molecular weight excluding hydrogens is 294 g/mol. The fraction of sp³-hybridized carbons (Fsp3) is 0.588. The van der Waals surface area contributed by atoms with Gasteiger partial charge in [0.15, 0.2) is 5.78 Å². The van der Waals surface area contributed by atoms with Crippen LogP contribution in [0, 0.1) is 10.1 Å². The molecule has 1 aliphatic carbocycles. The van der Waals surface area contributed by atoms with Crippen molar-refractivity contribution < 1.29 is 9.72 Å². The van der Waals surface area contributed by atoms with Crippen molar-refractivity contribution in [1.29, 1.82) is 0 Å². The van der Waals surface area contributed by atoms with Gasteiger partial charge in [-0.2, -0.15) is 0 Å². The van der Waals surface area contributed by atoms with E-state index in [1.54, 1.807) is 12.1 Å². The van der Waals surface area contributed by atoms with Crippen LogP contribution in [0.5, 0.6) is 0 Å². The lowest BCUT2D eigenvalue weighted by Gasteiger charge is -2.38. The molecule has 1 heterocycles. The standard InChI is InChI=1S/C17H23N3O3/c1-13(21)14-6-7-16(17(12-14)20(22)23)19-10-8-18(9-11-19)15-4-2-3-5-15/h6-7,12,15H,2-5,8-11H2,1H3.